The molecule has 0 aliphatic rings. The highest BCUT2D eigenvalue weighted by Gasteiger charge is 2.15. The third-order valence-corrected chi connectivity index (χ3v) is 3.95. The van der Waals surface area contributed by atoms with Gasteiger partial charge in [-0.05, 0) is 32.5 Å². The Morgan fingerprint density at radius 2 is 2.21 bits per heavy atom. The van der Waals surface area contributed by atoms with Crippen molar-refractivity contribution in [1.29, 1.82) is 0 Å². The second-order valence-corrected chi connectivity index (χ2v) is 5.87. The van der Waals surface area contributed by atoms with Crippen LogP contribution in [0.15, 0.2) is 23.6 Å². The number of halogens is 1. The van der Waals surface area contributed by atoms with Crippen molar-refractivity contribution in [1.82, 2.24) is 14.9 Å². The molecule has 19 heavy (non-hydrogen) atoms. The summed E-state index contributed by atoms with van der Waals surface area (Å²) in [4.78, 5) is 11.9. The Morgan fingerprint density at radius 1 is 1.42 bits per heavy atom. The van der Waals surface area contributed by atoms with Crippen LogP contribution in [0.1, 0.15) is 16.7 Å². The molecule has 1 N–H and O–H groups in total. The van der Waals surface area contributed by atoms with Gasteiger partial charge in [-0.1, -0.05) is 17.7 Å². The van der Waals surface area contributed by atoms with E-state index in [0.29, 0.717) is 17.0 Å². The van der Waals surface area contributed by atoms with Crippen LogP contribution < -0.4 is 5.32 Å². The molecule has 4 nitrogen and oxygen atoms in total. The Labute approximate surface area is 122 Å². The molecule has 0 saturated carbocycles. The smallest absolute Gasteiger partial charge is 0.134 e. The Morgan fingerprint density at radius 3 is 2.79 bits per heavy atom. The van der Waals surface area contributed by atoms with Crippen molar-refractivity contribution < 1.29 is 0 Å². The minimum atomic E-state index is 0.314. The maximum absolute atomic E-state index is 5.93. The lowest BCUT2D eigenvalue weighted by atomic mass is 10.2. The van der Waals surface area contributed by atoms with E-state index in [1.54, 1.807) is 17.4 Å². The van der Waals surface area contributed by atoms with E-state index < -0.39 is 0 Å². The van der Waals surface area contributed by atoms with Crippen molar-refractivity contribution in [2.75, 3.05) is 26.0 Å². The molecule has 6 heteroatoms. The maximum Gasteiger partial charge on any atom is 0.134 e. The number of hydrogen-bond acceptors (Lipinski definition) is 5. The van der Waals surface area contributed by atoms with E-state index in [4.69, 9.17) is 11.6 Å². The minimum Gasteiger partial charge on any atom is -0.368 e. The Hall–Kier alpha value is -1.17. The normalized spacial score (nSPS) is 12.7. The molecule has 0 fully saturated rings. The molecule has 2 aromatic rings. The van der Waals surface area contributed by atoms with Crippen LogP contribution in [0.2, 0.25) is 5.15 Å². The van der Waals surface area contributed by atoms with Crippen molar-refractivity contribution in [3.05, 3.63) is 39.4 Å². The van der Waals surface area contributed by atoms with Gasteiger partial charge in [-0.3, -0.25) is 0 Å². The van der Waals surface area contributed by atoms with Crippen molar-refractivity contribution >= 4 is 28.8 Å². The predicted molar refractivity (Wildman–Crippen MR) is 81.0 cm³/mol. The van der Waals surface area contributed by atoms with E-state index in [1.807, 2.05) is 6.92 Å². The summed E-state index contributed by atoms with van der Waals surface area (Å²) < 4.78 is 0. The molecular formula is C13H17ClN4S. The van der Waals surface area contributed by atoms with Crippen LogP contribution in [0.5, 0.6) is 0 Å². The van der Waals surface area contributed by atoms with Crippen LogP contribution in [-0.2, 0) is 0 Å². The number of hydrogen-bond donors (Lipinski definition) is 1. The van der Waals surface area contributed by atoms with Crippen molar-refractivity contribution in [2.45, 2.75) is 13.0 Å². The fourth-order valence-electron chi connectivity index (χ4n) is 1.84. The SMILES string of the molecule is Cc1nc(Cl)cc(NCC(c2cccs2)N(C)C)n1. The van der Waals surface area contributed by atoms with Crippen LogP contribution in [-0.4, -0.2) is 35.5 Å². The van der Waals surface area contributed by atoms with Gasteiger partial charge in [0.05, 0.1) is 6.04 Å². The Bertz CT molecular complexity index is 507. The molecular weight excluding hydrogens is 280 g/mol. The van der Waals surface area contributed by atoms with Crippen LogP contribution in [0.25, 0.3) is 0 Å². The van der Waals surface area contributed by atoms with E-state index in [0.717, 1.165) is 12.4 Å². The molecule has 0 saturated heterocycles. The second-order valence-electron chi connectivity index (χ2n) is 4.50. The summed E-state index contributed by atoms with van der Waals surface area (Å²) in [6.07, 6.45) is 0. The monoisotopic (exact) mass is 296 g/mol. The van der Waals surface area contributed by atoms with Gasteiger partial charge in [0.25, 0.3) is 0 Å². The van der Waals surface area contributed by atoms with E-state index in [-0.39, 0.29) is 0 Å². The number of thiophene rings is 1. The second kappa shape index (κ2) is 6.32. The molecule has 0 bridgehead atoms. The molecule has 0 aromatic carbocycles. The van der Waals surface area contributed by atoms with Gasteiger partial charge in [0, 0.05) is 17.5 Å². The summed E-state index contributed by atoms with van der Waals surface area (Å²) >= 11 is 7.69. The maximum atomic E-state index is 5.93. The van der Waals surface area contributed by atoms with Gasteiger partial charge in [0.15, 0.2) is 0 Å². The number of likely N-dealkylation sites (N-methyl/N-ethyl adjacent to an activating group) is 1. The third-order valence-electron chi connectivity index (χ3n) is 2.78. The lowest BCUT2D eigenvalue weighted by Gasteiger charge is -2.23. The predicted octanol–water partition coefficient (Wildman–Crippen LogP) is 3.21. The molecule has 1 unspecified atom stereocenters. The highest BCUT2D eigenvalue weighted by molar-refractivity contribution is 7.10. The first-order chi connectivity index (χ1) is 9.06. The average molecular weight is 297 g/mol. The van der Waals surface area contributed by atoms with Gasteiger partial charge in [-0.25, -0.2) is 9.97 Å². The molecule has 0 spiro atoms. The molecule has 0 aliphatic heterocycles. The highest BCUT2D eigenvalue weighted by Crippen LogP contribution is 2.23. The van der Waals surface area contributed by atoms with E-state index in [9.17, 15) is 0 Å². The van der Waals surface area contributed by atoms with Crippen LogP contribution in [0, 0.1) is 6.92 Å². The lowest BCUT2D eigenvalue weighted by molar-refractivity contribution is 0.316. The van der Waals surface area contributed by atoms with Gasteiger partial charge in [-0.15, -0.1) is 11.3 Å². The zero-order valence-corrected chi connectivity index (χ0v) is 12.8. The quantitative estimate of drug-likeness (QED) is 0.860. The van der Waals surface area contributed by atoms with Gasteiger partial charge in [0.2, 0.25) is 0 Å². The zero-order valence-electron chi connectivity index (χ0n) is 11.2. The number of aromatic nitrogens is 2. The molecule has 1 atom stereocenters. The van der Waals surface area contributed by atoms with Gasteiger partial charge in [0.1, 0.15) is 16.8 Å². The first-order valence-electron chi connectivity index (χ1n) is 6.01. The van der Waals surface area contributed by atoms with Crippen LogP contribution in [0.3, 0.4) is 0 Å². The van der Waals surface area contributed by atoms with Crippen molar-refractivity contribution in [3.63, 3.8) is 0 Å². The first kappa shape index (κ1) is 14.2. The molecule has 2 heterocycles. The zero-order chi connectivity index (χ0) is 13.8. The third kappa shape index (κ3) is 3.89. The van der Waals surface area contributed by atoms with Crippen molar-refractivity contribution in [2.24, 2.45) is 0 Å². The Kier molecular flexibility index (Phi) is 4.74. The minimum absolute atomic E-state index is 0.314. The number of anilines is 1. The molecule has 0 amide bonds. The summed E-state index contributed by atoms with van der Waals surface area (Å²) in [7, 11) is 4.15. The summed E-state index contributed by atoms with van der Waals surface area (Å²) in [5.74, 6) is 1.44. The largest absolute Gasteiger partial charge is 0.368 e. The summed E-state index contributed by atoms with van der Waals surface area (Å²) in [5, 5.41) is 5.89. The average Bonchev–Trinajstić information content (AvgIpc) is 2.81. The van der Waals surface area contributed by atoms with E-state index in [1.165, 1.54) is 4.88 Å². The molecule has 0 radical (unpaired) electrons. The Balaban J connectivity index is 2.07. The molecule has 2 rings (SSSR count). The van der Waals surface area contributed by atoms with Crippen LogP contribution >= 0.6 is 22.9 Å². The molecule has 102 valence electrons. The lowest BCUT2D eigenvalue weighted by Crippen LogP contribution is -2.26. The molecule has 0 aliphatic carbocycles. The van der Waals surface area contributed by atoms with E-state index in [2.05, 4.69) is 51.8 Å². The van der Waals surface area contributed by atoms with Gasteiger partial charge >= 0.3 is 0 Å². The fraction of sp³-hybridized carbons (Fsp3) is 0.385. The fourth-order valence-corrected chi connectivity index (χ4v) is 2.99. The number of rotatable bonds is 5. The van der Waals surface area contributed by atoms with Crippen LogP contribution in [0.4, 0.5) is 5.82 Å². The van der Waals surface area contributed by atoms with E-state index >= 15 is 0 Å². The summed E-state index contributed by atoms with van der Waals surface area (Å²) in [6.45, 7) is 2.61. The van der Waals surface area contributed by atoms with Gasteiger partial charge in [-0.2, -0.15) is 0 Å². The number of aryl methyl sites for hydroxylation is 1. The summed E-state index contributed by atoms with van der Waals surface area (Å²) in [6, 6.07) is 6.28. The number of nitrogens with one attached hydrogen (secondary N) is 1. The number of nitrogens with zero attached hydrogens (tertiary/aromatic N) is 3. The van der Waals surface area contributed by atoms with Gasteiger partial charge < -0.3 is 10.2 Å². The van der Waals surface area contributed by atoms with Crippen molar-refractivity contribution in [3.8, 4) is 0 Å². The molecule has 2 aromatic heterocycles. The first-order valence-corrected chi connectivity index (χ1v) is 7.27. The summed E-state index contributed by atoms with van der Waals surface area (Å²) in [5.41, 5.74) is 0. The highest BCUT2D eigenvalue weighted by atomic mass is 35.5. The topological polar surface area (TPSA) is 41.1 Å². The standard InChI is InChI=1S/C13H17ClN4S/c1-9-16-12(14)7-13(17-9)15-8-10(18(2)3)11-5-4-6-19-11/h4-7,10H,8H2,1-3H3,(H,15,16,17).